The Kier molecular flexibility index (Phi) is 4.64. The molecule has 0 bridgehead atoms. The molecule has 0 N–H and O–H groups in total. The minimum absolute atomic E-state index is 0.121. The van der Waals surface area contributed by atoms with Gasteiger partial charge in [0.25, 0.3) is 0 Å². The van der Waals surface area contributed by atoms with Gasteiger partial charge in [-0.3, -0.25) is 9.78 Å². The molecule has 0 spiro atoms. The first kappa shape index (κ1) is 16.6. The normalized spacial score (nSPS) is 19.6. The molecule has 6 heteroatoms. The second-order valence-electron chi connectivity index (χ2n) is 6.01. The fraction of sp³-hybridized carbons (Fsp3) is 0.556. The zero-order valence-electron chi connectivity index (χ0n) is 14.8. The fourth-order valence-corrected chi connectivity index (χ4v) is 3.49. The molecule has 0 saturated carbocycles. The van der Waals surface area contributed by atoms with Crippen LogP contribution in [0.5, 0.6) is 0 Å². The maximum absolute atomic E-state index is 11.8. The first-order valence-corrected chi connectivity index (χ1v) is 8.69. The van der Waals surface area contributed by atoms with Gasteiger partial charge < -0.3 is 9.64 Å². The highest BCUT2D eigenvalue weighted by Crippen LogP contribution is 2.34. The summed E-state index contributed by atoms with van der Waals surface area (Å²) in [6, 6.07) is 2.14. The van der Waals surface area contributed by atoms with Crippen LogP contribution in [0.4, 0.5) is 5.82 Å². The third kappa shape index (κ3) is 2.92. The lowest BCUT2D eigenvalue weighted by molar-refractivity contribution is -0.142. The van der Waals surface area contributed by atoms with E-state index in [1.807, 2.05) is 33.8 Å². The van der Waals surface area contributed by atoms with Crippen LogP contribution in [0.3, 0.4) is 0 Å². The van der Waals surface area contributed by atoms with Gasteiger partial charge in [0, 0.05) is 11.7 Å². The molecule has 0 radical (unpaired) electrons. The summed E-state index contributed by atoms with van der Waals surface area (Å²) in [5, 5.41) is 1.04. The second kappa shape index (κ2) is 6.71. The van der Waals surface area contributed by atoms with Crippen molar-refractivity contribution in [2.45, 2.75) is 53.0 Å². The summed E-state index contributed by atoms with van der Waals surface area (Å²) in [5.41, 5.74) is 2.97. The van der Waals surface area contributed by atoms with E-state index in [0.29, 0.717) is 19.6 Å². The summed E-state index contributed by atoms with van der Waals surface area (Å²) in [7, 11) is 0. The molecule has 4 heterocycles. The number of aryl methyl sites for hydroxylation is 3. The molecule has 24 heavy (non-hydrogen) atoms. The highest BCUT2D eigenvalue weighted by molar-refractivity contribution is 5.93. The van der Waals surface area contributed by atoms with Crippen molar-refractivity contribution in [3.63, 3.8) is 0 Å². The van der Waals surface area contributed by atoms with E-state index in [-0.39, 0.29) is 12.0 Å². The second-order valence-corrected chi connectivity index (χ2v) is 6.01. The van der Waals surface area contributed by atoms with Gasteiger partial charge in [-0.05, 0) is 32.8 Å². The predicted octanol–water partition coefficient (Wildman–Crippen LogP) is 2.74. The molecule has 2 aliphatic rings. The van der Waals surface area contributed by atoms with Crippen LogP contribution in [0.25, 0.3) is 10.9 Å². The Labute approximate surface area is 142 Å². The number of carbonyl (C=O) groups is 1. The van der Waals surface area contributed by atoms with Crippen molar-refractivity contribution < 1.29 is 9.53 Å². The third-order valence-electron chi connectivity index (χ3n) is 4.40. The van der Waals surface area contributed by atoms with Crippen LogP contribution in [0.2, 0.25) is 0 Å². The molecule has 0 aliphatic carbocycles. The molecule has 1 saturated heterocycles. The summed E-state index contributed by atoms with van der Waals surface area (Å²) in [6.45, 7) is 8.99. The summed E-state index contributed by atoms with van der Waals surface area (Å²) in [4.78, 5) is 28.0. The Morgan fingerprint density at radius 3 is 2.79 bits per heavy atom. The average Bonchev–Trinajstić information content (AvgIpc) is 2.81. The largest absolute Gasteiger partial charge is 0.464 e. The van der Waals surface area contributed by atoms with Gasteiger partial charge >= 0.3 is 5.97 Å². The zero-order chi connectivity index (χ0) is 17.3. The van der Waals surface area contributed by atoms with Crippen molar-refractivity contribution in [2.24, 2.45) is 0 Å². The lowest BCUT2D eigenvalue weighted by Crippen LogP contribution is -2.36. The topological polar surface area (TPSA) is 68.2 Å². The van der Waals surface area contributed by atoms with Crippen LogP contribution in [0.1, 0.15) is 43.9 Å². The fourth-order valence-electron chi connectivity index (χ4n) is 3.49. The van der Waals surface area contributed by atoms with Crippen LogP contribution in [0.15, 0.2) is 6.07 Å². The molecule has 4 rings (SSSR count). The Morgan fingerprint density at radius 1 is 1.21 bits per heavy atom. The van der Waals surface area contributed by atoms with E-state index in [4.69, 9.17) is 9.72 Å². The molecule has 0 amide bonds. The van der Waals surface area contributed by atoms with Gasteiger partial charge in [0.1, 0.15) is 18.2 Å². The Balaban J connectivity index is 0.000000815. The van der Waals surface area contributed by atoms with Crippen molar-refractivity contribution in [1.29, 1.82) is 0 Å². The molecule has 1 unspecified atom stereocenters. The zero-order valence-corrected chi connectivity index (χ0v) is 14.8. The monoisotopic (exact) mass is 328 g/mol. The number of pyridine rings is 1. The summed E-state index contributed by atoms with van der Waals surface area (Å²) < 4.78 is 5.23. The first-order chi connectivity index (χ1) is 11.6. The van der Waals surface area contributed by atoms with Crippen molar-refractivity contribution in [2.75, 3.05) is 18.1 Å². The number of carbonyl (C=O) groups excluding carboxylic acids is 1. The number of fused-ring (bicyclic) bond motifs is 2. The third-order valence-corrected chi connectivity index (χ3v) is 4.40. The van der Waals surface area contributed by atoms with Gasteiger partial charge in [-0.1, -0.05) is 13.8 Å². The minimum Gasteiger partial charge on any atom is -0.464 e. The SMILES string of the molecule is CC.Cc1cc2nc(C)nc3c2c(n1)CCC1CC(=O)OCCN31. The molecule has 1 fully saturated rings. The number of nitrogens with zero attached hydrogens (tertiary/aromatic N) is 4. The van der Waals surface area contributed by atoms with Gasteiger partial charge in [0.15, 0.2) is 0 Å². The van der Waals surface area contributed by atoms with Crippen LogP contribution in [0, 0.1) is 13.8 Å². The van der Waals surface area contributed by atoms with E-state index in [1.54, 1.807) is 0 Å². The lowest BCUT2D eigenvalue weighted by Gasteiger charge is -2.28. The summed E-state index contributed by atoms with van der Waals surface area (Å²) in [6.07, 6.45) is 2.14. The van der Waals surface area contributed by atoms with E-state index >= 15 is 0 Å². The maximum atomic E-state index is 11.8. The molecular formula is C18H24N4O2. The highest BCUT2D eigenvalue weighted by Gasteiger charge is 2.32. The van der Waals surface area contributed by atoms with Gasteiger partial charge in [0.05, 0.1) is 29.6 Å². The number of hydrogen-bond donors (Lipinski definition) is 0. The molecule has 0 aromatic carbocycles. The molecule has 2 aromatic heterocycles. The van der Waals surface area contributed by atoms with Crippen molar-refractivity contribution >= 4 is 22.7 Å². The number of anilines is 1. The van der Waals surface area contributed by atoms with Crippen molar-refractivity contribution in [3.8, 4) is 0 Å². The highest BCUT2D eigenvalue weighted by atomic mass is 16.5. The van der Waals surface area contributed by atoms with E-state index < -0.39 is 0 Å². The van der Waals surface area contributed by atoms with Gasteiger partial charge in [-0.15, -0.1) is 0 Å². The number of aromatic nitrogens is 3. The Morgan fingerprint density at radius 2 is 2.00 bits per heavy atom. The lowest BCUT2D eigenvalue weighted by atomic mass is 10.1. The van der Waals surface area contributed by atoms with E-state index in [1.165, 1.54) is 0 Å². The van der Waals surface area contributed by atoms with Crippen LogP contribution >= 0.6 is 0 Å². The molecule has 2 aliphatic heterocycles. The van der Waals surface area contributed by atoms with Crippen LogP contribution in [-0.4, -0.2) is 40.1 Å². The minimum atomic E-state index is -0.121. The molecule has 128 valence electrons. The standard InChI is InChI=1S/C16H18N4O2.C2H6/c1-9-7-13-15-12(17-9)4-3-11-8-14(21)22-6-5-20(11)16(15)19-10(2)18-13;1-2/h7,11H,3-6,8H2,1-2H3;1-2H3. The molecule has 1 atom stereocenters. The number of hydrogen-bond acceptors (Lipinski definition) is 6. The Bertz CT molecular complexity index is 770. The van der Waals surface area contributed by atoms with Crippen molar-refractivity contribution in [3.05, 3.63) is 23.3 Å². The van der Waals surface area contributed by atoms with Crippen LogP contribution < -0.4 is 4.90 Å². The molecular weight excluding hydrogens is 304 g/mol. The quantitative estimate of drug-likeness (QED) is 0.693. The van der Waals surface area contributed by atoms with E-state index in [9.17, 15) is 4.79 Å². The molecule has 2 aromatic rings. The Hall–Kier alpha value is -2.24. The van der Waals surface area contributed by atoms with E-state index in [0.717, 1.165) is 46.8 Å². The smallest absolute Gasteiger partial charge is 0.307 e. The summed E-state index contributed by atoms with van der Waals surface area (Å²) >= 11 is 0. The number of cyclic esters (lactones) is 1. The predicted molar refractivity (Wildman–Crippen MR) is 93.2 cm³/mol. The van der Waals surface area contributed by atoms with Crippen molar-refractivity contribution in [1.82, 2.24) is 15.0 Å². The average molecular weight is 328 g/mol. The van der Waals surface area contributed by atoms with Crippen LogP contribution in [-0.2, 0) is 16.0 Å². The summed E-state index contributed by atoms with van der Waals surface area (Å²) in [5.74, 6) is 1.53. The number of rotatable bonds is 0. The van der Waals surface area contributed by atoms with Gasteiger partial charge in [-0.25, -0.2) is 9.97 Å². The number of ether oxygens (including phenoxy) is 1. The van der Waals surface area contributed by atoms with Gasteiger partial charge in [-0.2, -0.15) is 0 Å². The van der Waals surface area contributed by atoms with E-state index in [2.05, 4.69) is 14.9 Å². The first-order valence-electron chi connectivity index (χ1n) is 8.69. The maximum Gasteiger partial charge on any atom is 0.307 e. The molecule has 6 nitrogen and oxygen atoms in total. The van der Waals surface area contributed by atoms with Gasteiger partial charge in [0.2, 0.25) is 0 Å². The number of esters is 1.